The molecule has 0 saturated carbocycles. The van der Waals surface area contributed by atoms with Gasteiger partial charge in [0.05, 0.1) is 18.8 Å². The Balaban J connectivity index is 1.19. The predicted molar refractivity (Wildman–Crippen MR) is 201 cm³/mol. The van der Waals surface area contributed by atoms with Gasteiger partial charge >= 0.3 is 0 Å². The van der Waals surface area contributed by atoms with Crippen LogP contribution in [0.1, 0.15) is 86.5 Å². The van der Waals surface area contributed by atoms with Crippen molar-refractivity contribution in [1.29, 1.82) is 0 Å². The van der Waals surface area contributed by atoms with E-state index in [1.165, 1.54) is 6.92 Å². The Kier molecular flexibility index (Phi) is 14.8. The highest BCUT2D eigenvalue weighted by atomic mass is 32.2. The number of aliphatic hydroxyl groups excluding tert-OH is 1. The largest absolute Gasteiger partial charge is 0.392 e. The lowest BCUT2D eigenvalue weighted by atomic mass is 9.99. The number of carbonyl (C=O) groups is 3. The van der Waals surface area contributed by atoms with E-state index in [0.717, 1.165) is 69.0 Å². The van der Waals surface area contributed by atoms with Crippen molar-refractivity contribution in [2.75, 3.05) is 11.1 Å². The number of thioether (sulfide) groups is 1. The molecule has 1 aliphatic heterocycles. The topological polar surface area (TPSA) is 146 Å². The first-order valence-electron chi connectivity index (χ1n) is 17.7. The molecular formula is C41H47N3O7S. The molecule has 0 aliphatic carbocycles. The van der Waals surface area contributed by atoms with E-state index in [2.05, 4.69) is 28.8 Å². The van der Waals surface area contributed by atoms with Crippen LogP contribution >= 0.6 is 11.8 Å². The molecule has 0 aromatic heterocycles. The maximum atomic E-state index is 12.4. The predicted octanol–water partition coefficient (Wildman–Crippen LogP) is 7.60. The SMILES string of the molecule is CC(=O)Nc1ccc(SCC2CC(c3ccc(CO)cc3)OC(c3ccc(-c4cccc(CNC(=O)CCCCCCC(=O)NO)c4)cc3)O2)cc1. The molecule has 1 saturated heterocycles. The Morgan fingerprint density at radius 2 is 1.46 bits per heavy atom. The molecule has 1 heterocycles. The fourth-order valence-electron chi connectivity index (χ4n) is 6.01. The highest BCUT2D eigenvalue weighted by Crippen LogP contribution is 2.40. The summed E-state index contributed by atoms with van der Waals surface area (Å²) >= 11 is 1.70. The number of hydroxylamine groups is 1. The third-order valence-electron chi connectivity index (χ3n) is 8.84. The average molecular weight is 726 g/mol. The molecule has 3 unspecified atom stereocenters. The molecule has 4 aromatic rings. The molecular weight excluding hydrogens is 679 g/mol. The van der Waals surface area contributed by atoms with E-state index in [-0.39, 0.29) is 43.0 Å². The monoisotopic (exact) mass is 725 g/mol. The molecule has 274 valence electrons. The Morgan fingerprint density at radius 3 is 2.13 bits per heavy atom. The summed E-state index contributed by atoms with van der Waals surface area (Å²) in [5.74, 6) is 0.226. The second-order valence-corrected chi connectivity index (χ2v) is 14.0. The first-order chi connectivity index (χ1) is 25.3. The Bertz CT molecular complexity index is 1750. The minimum atomic E-state index is -0.570. The first-order valence-corrected chi connectivity index (χ1v) is 18.7. The summed E-state index contributed by atoms with van der Waals surface area (Å²) in [6, 6.07) is 31.9. The van der Waals surface area contributed by atoms with Gasteiger partial charge < -0.3 is 25.2 Å². The van der Waals surface area contributed by atoms with E-state index in [1.54, 1.807) is 17.2 Å². The molecule has 52 heavy (non-hydrogen) atoms. The highest BCUT2D eigenvalue weighted by Gasteiger charge is 2.32. The Hall–Kier alpha value is -4.52. The van der Waals surface area contributed by atoms with E-state index in [0.29, 0.717) is 25.8 Å². The minimum Gasteiger partial charge on any atom is -0.392 e. The summed E-state index contributed by atoms with van der Waals surface area (Å²) in [6.07, 6.45) is 3.66. The number of amides is 3. The molecule has 11 heteroatoms. The van der Waals surface area contributed by atoms with Crippen molar-refractivity contribution in [2.45, 2.75) is 88.4 Å². The van der Waals surface area contributed by atoms with Gasteiger partial charge in [0, 0.05) is 54.6 Å². The van der Waals surface area contributed by atoms with Crippen molar-refractivity contribution in [2.24, 2.45) is 0 Å². The van der Waals surface area contributed by atoms with Crippen LogP contribution in [-0.2, 0) is 37.0 Å². The van der Waals surface area contributed by atoms with Gasteiger partial charge in [0.2, 0.25) is 17.7 Å². The van der Waals surface area contributed by atoms with Gasteiger partial charge in [-0.15, -0.1) is 11.8 Å². The molecule has 1 aliphatic rings. The lowest BCUT2D eigenvalue weighted by Gasteiger charge is -2.36. The summed E-state index contributed by atoms with van der Waals surface area (Å²) in [5, 5.41) is 23.9. The Morgan fingerprint density at radius 1 is 0.769 bits per heavy atom. The van der Waals surface area contributed by atoms with E-state index in [4.69, 9.17) is 14.7 Å². The van der Waals surface area contributed by atoms with Crippen molar-refractivity contribution in [3.05, 3.63) is 119 Å². The standard InChI is InChI=1S/C41H47N3O7S/c1-28(46)43-35-19-21-37(22-20-35)52-27-36-24-38(32-13-11-29(26-45)12-14-32)51-41(50-36)33-17-15-31(16-18-33)34-8-6-7-30(23-34)25-42-39(47)9-4-2-3-5-10-40(48)44-49/h6-8,11-23,36,38,41,45,49H,2-5,9-10,24-27H2,1H3,(H,42,47)(H,43,46)(H,44,48). The number of nitrogens with one attached hydrogen (secondary N) is 3. The fourth-order valence-corrected chi connectivity index (χ4v) is 6.93. The number of anilines is 1. The van der Waals surface area contributed by atoms with Crippen LogP contribution in [0.4, 0.5) is 5.69 Å². The minimum absolute atomic E-state index is 0.00504. The van der Waals surface area contributed by atoms with Crippen LogP contribution in [0.3, 0.4) is 0 Å². The Labute approximate surface area is 309 Å². The average Bonchev–Trinajstić information content (AvgIpc) is 3.18. The molecule has 10 nitrogen and oxygen atoms in total. The lowest BCUT2D eigenvalue weighted by molar-refractivity contribution is -0.245. The number of benzene rings is 4. The third kappa shape index (κ3) is 12.0. The molecule has 3 atom stereocenters. The van der Waals surface area contributed by atoms with Crippen LogP contribution in [0.5, 0.6) is 0 Å². The second kappa shape index (κ2) is 19.9. The number of carbonyl (C=O) groups excluding carboxylic acids is 3. The van der Waals surface area contributed by atoms with Crippen LogP contribution in [-0.4, -0.2) is 39.9 Å². The number of rotatable bonds is 17. The molecule has 5 rings (SSSR count). The van der Waals surface area contributed by atoms with Gasteiger partial charge in [0.1, 0.15) is 0 Å². The fraction of sp³-hybridized carbons (Fsp3) is 0.341. The van der Waals surface area contributed by atoms with Gasteiger partial charge in [-0.2, -0.15) is 0 Å². The number of ether oxygens (including phenoxy) is 2. The molecule has 5 N–H and O–H groups in total. The van der Waals surface area contributed by atoms with Crippen LogP contribution in [0.25, 0.3) is 11.1 Å². The molecule has 0 spiro atoms. The summed E-state index contributed by atoms with van der Waals surface area (Å²) in [6.45, 7) is 1.91. The second-order valence-electron chi connectivity index (χ2n) is 12.9. The maximum Gasteiger partial charge on any atom is 0.243 e. The zero-order valence-corrected chi connectivity index (χ0v) is 30.2. The molecule has 0 radical (unpaired) electrons. The van der Waals surface area contributed by atoms with Crippen molar-refractivity contribution in [3.8, 4) is 11.1 Å². The highest BCUT2D eigenvalue weighted by molar-refractivity contribution is 7.99. The van der Waals surface area contributed by atoms with Crippen LogP contribution < -0.4 is 16.1 Å². The van der Waals surface area contributed by atoms with Crippen LogP contribution in [0, 0.1) is 0 Å². The number of unbranched alkanes of at least 4 members (excludes halogenated alkanes) is 3. The zero-order valence-electron chi connectivity index (χ0n) is 29.4. The van der Waals surface area contributed by atoms with Gasteiger partial charge in [-0.05, 0) is 71.0 Å². The summed E-state index contributed by atoms with van der Waals surface area (Å²) < 4.78 is 13.1. The van der Waals surface area contributed by atoms with Gasteiger partial charge in [-0.1, -0.05) is 79.6 Å². The van der Waals surface area contributed by atoms with Gasteiger partial charge in [-0.3, -0.25) is 19.6 Å². The van der Waals surface area contributed by atoms with E-state index in [1.807, 2.05) is 78.9 Å². The summed E-state index contributed by atoms with van der Waals surface area (Å²) in [4.78, 5) is 36.0. The molecule has 3 amide bonds. The van der Waals surface area contributed by atoms with Crippen molar-refractivity contribution in [3.63, 3.8) is 0 Å². The van der Waals surface area contributed by atoms with E-state index < -0.39 is 6.29 Å². The number of hydrogen-bond acceptors (Lipinski definition) is 8. The van der Waals surface area contributed by atoms with Gasteiger partial charge in [0.15, 0.2) is 6.29 Å². The molecule has 0 bridgehead atoms. The smallest absolute Gasteiger partial charge is 0.243 e. The van der Waals surface area contributed by atoms with E-state index >= 15 is 0 Å². The lowest BCUT2D eigenvalue weighted by Crippen LogP contribution is -2.31. The van der Waals surface area contributed by atoms with Crippen molar-refractivity contribution in [1.82, 2.24) is 10.8 Å². The van der Waals surface area contributed by atoms with Gasteiger partial charge in [0.25, 0.3) is 0 Å². The zero-order chi connectivity index (χ0) is 36.7. The van der Waals surface area contributed by atoms with Crippen LogP contribution in [0.2, 0.25) is 0 Å². The maximum absolute atomic E-state index is 12.4. The molecule has 4 aromatic carbocycles. The van der Waals surface area contributed by atoms with Crippen molar-refractivity contribution >= 4 is 35.2 Å². The quantitative estimate of drug-likeness (QED) is 0.0324. The summed E-state index contributed by atoms with van der Waals surface area (Å²) in [5.41, 5.74) is 8.26. The van der Waals surface area contributed by atoms with Crippen LogP contribution in [0.15, 0.2) is 102 Å². The van der Waals surface area contributed by atoms with E-state index in [9.17, 15) is 19.5 Å². The normalized spacial score (nSPS) is 16.9. The number of aliphatic hydroxyl groups is 1. The third-order valence-corrected chi connectivity index (χ3v) is 9.98. The number of hydrogen-bond donors (Lipinski definition) is 5. The molecule has 1 fully saturated rings. The first kappa shape index (κ1) is 38.7. The van der Waals surface area contributed by atoms with Crippen molar-refractivity contribution < 1.29 is 34.2 Å². The summed E-state index contributed by atoms with van der Waals surface area (Å²) in [7, 11) is 0. The van der Waals surface area contributed by atoms with Gasteiger partial charge in [-0.25, -0.2) is 5.48 Å².